The highest BCUT2D eigenvalue weighted by atomic mass is 16.5. The number of hydrogen-bond donors (Lipinski definition) is 3. The van der Waals surface area contributed by atoms with Crippen LogP contribution in [0.15, 0.2) is 18.2 Å². The quantitative estimate of drug-likeness (QED) is 0.756. The van der Waals surface area contributed by atoms with Crippen molar-refractivity contribution >= 4 is 17.7 Å². The second kappa shape index (κ2) is 6.99. The van der Waals surface area contributed by atoms with Crippen LogP contribution in [0.3, 0.4) is 0 Å². The second-order valence-electron chi connectivity index (χ2n) is 3.89. The van der Waals surface area contributed by atoms with Crippen LogP contribution in [0, 0.1) is 11.3 Å². The van der Waals surface area contributed by atoms with Crippen LogP contribution in [0.1, 0.15) is 18.9 Å². The van der Waals surface area contributed by atoms with Gasteiger partial charge in [0.25, 0.3) is 0 Å². The Labute approximate surface area is 116 Å². The van der Waals surface area contributed by atoms with Crippen LogP contribution in [0.5, 0.6) is 5.75 Å². The van der Waals surface area contributed by atoms with Crippen LogP contribution in [0.2, 0.25) is 0 Å². The van der Waals surface area contributed by atoms with E-state index < -0.39 is 18.0 Å². The van der Waals surface area contributed by atoms with E-state index in [4.69, 9.17) is 15.1 Å². The number of nitrogens with zero attached hydrogens (tertiary/aromatic N) is 1. The largest absolute Gasteiger partial charge is 0.495 e. The molecule has 0 aliphatic rings. The number of amides is 2. The van der Waals surface area contributed by atoms with E-state index >= 15 is 0 Å². The molecule has 1 atom stereocenters. The van der Waals surface area contributed by atoms with Crippen LogP contribution in [0.25, 0.3) is 0 Å². The van der Waals surface area contributed by atoms with E-state index in [0.717, 1.165) is 0 Å². The van der Waals surface area contributed by atoms with Gasteiger partial charge >= 0.3 is 12.0 Å². The normalized spacial score (nSPS) is 11.1. The number of anilines is 1. The molecule has 0 saturated carbocycles. The lowest BCUT2D eigenvalue weighted by Crippen LogP contribution is -2.42. The smallest absolute Gasteiger partial charge is 0.326 e. The summed E-state index contributed by atoms with van der Waals surface area (Å²) in [6, 6.07) is 4.95. The summed E-state index contributed by atoms with van der Waals surface area (Å²) in [4.78, 5) is 22.6. The first-order chi connectivity index (χ1) is 9.53. The molecule has 1 aromatic carbocycles. The van der Waals surface area contributed by atoms with Gasteiger partial charge < -0.3 is 20.5 Å². The van der Waals surface area contributed by atoms with Gasteiger partial charge in [-0.25, -0.2) is 9.59 Å². The topological polar surface area (TPSA) is 111 Å². The number of para-hydroxylation sites is 1. The summed E-state index contributed by atoms with van der Waals surface area (Å²) in [5, 5.41) is 22.6. The third-order valence-corrected chi connectivity index (χ3v) is 2.62. The van der Waals surface area contributed by atoms with Gasteiger partial charge in [0.1, 0.15) is 23.5 Å². The lowest BCUT2D eigenvalue weighted by atomic mass is 10.2. The summed E-state index contributed by atoms with van der Waals surface area (Å²) in [5.41, 5.74) is 0.429. The van der Waals surface area contributed by atoms with Crippen molar-refractivity contribution in [2.24, 2.45) is 0 Å². The Bertz CT molecular complexity index is 551. The standard InChI is InChI=1S/C13H15N3O4/c1-3-9(12(17)18)15-13(19)16-11-8(7-14)5-4-6-10(11)20-2/h4-6,9H,3H2,1-2H3,(H,17,18)(H2,15,16,19)/t9-/m0/s1. The minimum atomic E-state index is -1.12. The first-order valence-electron chi connectivity index (χ1n) is 5.90. The zero-order valence-corrected chi connectivity index (χ0v) is 11.1. The van der Waals surface area contributed by atoms with E-state index in [-0.39, 0.29) is 17.7 Å². The molecule has 0 aromatic heterocycles. The van der Waals surface area contributed by atoms with Crippen molar-refractivity contribution in [1.82, 2.24) is 5.32 Å². The van der Waals surface area contributed by atoms with E-state index in [2.05, 4.69) is 10.6 Å². The Morgan fingerprint density at radius 1 is 1.50 bits per heavy atom. The molecule has 0 unspecified atom stereocenters. The Morgan fingerprint density at radius 2 is 2.20 bits per heavy atom. The van der Waals surface area contributed by atoms with Crippen molar-refractivity contribution < 1.29 is 19.4 Å². The van der Waals surface area contributed by atoms with E-state index in [1.54, 1.807) is 19.1 Å². The molecule has 7 nitrogen and oxygen atoms in total. The molecule has 0 radical (unpaired) electrons. The number of carbonyl (C=O) groups excluding carboxylic acids is 1. The zero-order chi connectivity index (χ0) is 15.1. The molecule has 106 valence electrons. The van der Waals surface area contributed by atoms with E-state index in [0.29, 0.717) is 5.75 Å². The molecule has 3 N–H and O–H groups in total. The van der Waals surface area contributed by atoms with Gasteiger partial charge in [-0.1, -0.05) is 13.0 Å². The van der Waals surface area contributed by atoms with Crippen LogP contribution >= 0.6 is 0 Å². The minimum Gasteiger partial charge on any atom is -0.495 e. The number of aliphatic carboxylic acids is 1. The molecule has 0 saturated heterocycles. The SMILES string of the molecule is CC[C@H](NC(=O)Nc1c(C#N)cccc1OC)C(=O)O. The predicted octanol–water partition coefficient (Wildman–Crippen LogP) is 1.55. The fraction of sp³-hybridized carbons (Fsp3) is 0.308. The first kappa shape index (κ1) is 15.3. The number of hydrogen-bond acceptors (Lipinski definition) is 4. The van der Waals surface area contributed by atoms with Crippen molar-refractivity contribution in [1.29, 1.82) is 5.26 Å². The lowest BCUT2D eigenvalue weighted by Gasteiger charge is -2.15. The Balaban J connectivity index is 2.91. The predicted molar refractivity (Wildman–Crippen MR) is 71.6 cm³/mol. The van der Waals surface area contributed by atoms with Gasteiger partial charge in [0.05, 0.1) is 12.7 Å². The fourth-order valence-corrected chi connectivity index (χ4v) is 1.57. The summed E-state index contributed by atoms with van der Waals surface area (Å²) in [6.45, 7) is 1.64. The average molecular weight is 277 g/mol. The van der Waals surface area contributed by atoms with E-state index in [1.807, 2.05) is 6.07 Å². The number of carboxylic acids is 1. The Hall–Kier alpha value is -2.75. The van der Waals surface area contributed by atoms with Crippen molar-refractivity contribution in [3.8, 4) is 11.8 Å². The number of benzene rings is 1. The second-order valence-corrected chi connectivity index (χ2v) is 3.89. The number of nitrogens with one attached hydrogen (secondary N) is 2. The third kappa shape index (κ3) is 3.62. The van der Waals surface area contributed by atoms with Gasteiger partial charge in [-0.05, 0) is 18.6 Å². The maximum atomic E-state index is 11.8. The molecule has 0 bridgehead atoms. The fourth-order valence-electron chi connectivity index (χ4n) is 1.57. The first-order valence-corrected chi connectivity index (χ1v) is 5.90. The van der Waals surface area contributed by atoms with Gasteiger partial charge in [0, 0.05) is 0 Å². The number of ether oxygens (including phenoxy) is 1. The monoisotopic (exact) mass is 277 g/mol. The highest BCUT2D eigenvalue weighted by Gasteiger charge is 2.19. The van der Waals surface area contributed by atoms with Crippen LogP contribution in [0.4, 0.5) is 10.5 Å². The maximum Gasteiger partial charge on any atom is 0.326 e. The number of urea groups is 1. The molecule has 0 heterocycles. The summed E-state index contributed by atoms with van der Waals surface area (Å²) in [5.74, 6) is -0.800. The summed E-state index contributed by atoms with van der Waals surface area (Å²) >= 11 is 0. The number of carbonyl (C=O) groups is 2. The van der Waals surface area contributed by atoms with Gasteiger partial charge in [-0.2, -0.15) is 5.26 Å². The van der Waals surface area contributed by atoms with Gasteiger partial charge in [0.2, 0.25) is 0 Å². The average Bonchev–Trinajstić information content (AvgIpc) is 2.44. The number of nitriles is 1. The van der Waals surface area contributed by atoms with Crippen molar-refractivity contribution in [2.75, 3.05) is 12.4 Å². The molecule has 7 heteroatoms. The highest BCUT2D eigenvalue weighted by Crippen LogP contribution is 2.27. The van der Waals surface area contributed by atoms with E-state index in [1.165, 1.54) is 13.2 Å². The molecule has 0 aliphatic carbocycles. The van der Waals surface area contributed by atoms with E-state index in [9.17, 15) is 9.59 Å². The number of carboxylic acid groups (broad SMARTS) is 1. The molecule has 20 heavy (non-hydrogen) atoms. The molecule has 1 aromatic rings. The molecule has 0 spiro atoms. The molecule has 1 rings (SSSR count). The minimum absolute atomic E-state index is 0.204. The summed E-state index contributed by atoms with van der Waals surface area (Å²) < 4.78 is 5.06. The van der Waals surface area contributed by atoms with Crippen molar-refractivity contribution in [2.45, 2.75) is 19.4 Å². The van der Waals surface area contributed by atoms with Crippen LogP contribution < -0.4 is 15.4 Å². The van der Waals surface area contributed by atoms with Crippen molar-refractivity contribution in [3.05, 3.63) is 23.8 Å². The molecule has 0 aliphatic heterocycles. The number of methoxy groups -OCH3 is 1. The van der Waals surface area contributed by atoms with Crippen molar-refractivity contribution in [3.63, 3.8) is 0 Å². The van der Waals surface area contributed by atoms with Gasteiger partial charge in [-0.15, -0.1) is 0 Å². The third-order valence-electron chi connectivity index (χ3n) is 2.62. The van der Waals surface area contributed by atoms with Gasteiger partial charge in [0.15, 0.2) is 0 Å². The Morgan fingerprint density at radius 3 is 2.70 bits per heavy atom. The van der Waals surface area contributed by atoms with Crippen LogP contribution in [-0.4, -0.2) is 30.3 Å². The summed E-state index contributed by atoms with van der Waals surface area (Å²) in [7, 11) is 1.41. The van der Waals surface area contributed by atoms with Gasteiger partial charge in [-0.3, -0.25) is 0 Å². The molecule has 0 fully saturated rings. The molecule has 2 amide bonds. The van der Waals surface area contributed by atoms with Crippen LogP contribution in [-0.2, 0) is 4.79 Å². The molecular weight excluding hydrogens is 262 g/mol. The highest BCUT2D eigenvalue weighted by molar-refractivity contribution is 5.94. The number of rotatable bonds is 5. The zero-order valence-electron chi connectivity index (χ0n) is 11.1. The lowest BCUT2D eigenvalue weighted by molar-refractivity contribution is -0.139. The summed E-state index contributed by atoms with van der Waals surface area (Å²) in [6.07, 6.45) is 0.250. The maximum absolute atomic E-state index is 11.8. The Kier molecular flexibility index (Phi) is 5.35. The molecular formula is C13H15N3O4.